The predicted molar refractivity (Wildman–Crippen MR) is 149 cm³/mol. The molecule has 34 heavy (non-hydrogen) atoms. The van der Waals surface area contributed by atoms with Gasteiger partial charge >= 0.3 is 0 Å². The van der Waals surface area contributed by atoms with E-state index in [0.717, 1.165) is 54.3 Å². The van der Waals surface area contributed by atoms with Crippen molar-refractivity contribution in [2.75, 3.05) is 0 Å². The zero-order valence-corrected chi connectivity index (χ0v) is 20.1. The number of hydrogen-bond donors (Lipinski definition) is 0. The Bertz CT molecular complexity index is 1810. The predicted octanol–water partition coefficient (Wildman–Crippen LogP) is 7.96. The van der Waals surface area contributed by atoms with Crippen LogP contribution in [0.1, 0.15) is 8.22 Å². The van der Waals surface area contributed by atoms with Crippen molar-refractivity contribution in [2.24, 2.45) is 0 Å². The Kier molecular flexibility index (Phi) is 3.20. The highest BCUT2D eigenvalue weighted by atomic mass is 32.2. The SMILES string of the molecule is [2H]C([2H])([2H])[Si]1(C([2H])([2H])[2H])c2ccccc2Sc2cc3c(cc21)-c1ccccc1-c1ccccc1-c1ccccc1-3. The molecule has 1 heterocycles. The maximum Gasteiger partial charge on any atom is 0.115 e. The van der Waals surface area contributed by atoms with Gasteiger partial charge in [-0.3, -0.25) is 0 Å². The molecule has 2 heteroatoms. The van der Waals surface area contributed by atoms with E-state index < -0.39 is 21.0 Å². The lowest BCUT2D eigenvalue weighted by atomic mass is 9.81. The second kappa shape index (κ2) is 7.33. The summed E-state index contributed by atoms with van der Waals surface area (Å²) in [6.45, 7) is -5.38. The molecular weight excluding hydrogens is 445 g/mol. The first-order chi connectivity index (χ1) is 19.1. The highest BCUT2D eigenvalue weighted by molar-refractivity contribution is 8.00. The fourth-order valence-electron chi connectivity index (χ4n) is 5.39. The van der Waals surface area contributed by atoms with Gasteiger partial charge in [0.2, 0.25) is 0 Å². The first-order valence-electron chi connectivity index (χ1n) is 14.4. The molecule has 7 rings (SSSR count). The van der Waals surface area contributed by atoms with Gasteiger partial charge in [0, 0.05) is 18.0 Å². The lowest BCUT2D eigenvalue weighted by Crippen LogP contribution is -2.56. The van der Waals surface area contributed by atoms with E-state index in [1.54, 1.807) is 12.1 Å². The Hall–Kier alpha value is -3.33. The Morgan fingerprint density at radius 2 is 0.912 bits per heavy atom. The number of benzene rings is 5. The van der Waals surface area contributed by atoms with Crippen molar-refractivity contribution in [1.82, 2.24) is 0 Å². The zero-order chi connectivity index (χ0) is 27.9. The van der Waals surface area contributed by atoms with Crippen molar-refractivity contribution in [3.63, 3.8) is 0 Å². The van der Waals surface area contributed by atoms with Gasteiger partial charge in [0.1, 0.15) is 8.07 Å². The van der Waals surface area contributed by atoms with Gasteiger partial charge in [-0.05, 0) is 67.0 Å². The quantitative estimate of drug-likeness (QED) is 0.201. The summed E-state index contributed by atoms with van der Waals surface area (Å²) in [6, 6.07) is 35.9. The Labute approximate surface area is 214 Å². The van der Waals surface area contributed by atoms with Gasteiger partial charge < -0.3 is 0 Å². The second-order valence-corrected chi connectivity index (χ2v) is 12.5. The minimum Gasteiger partial charge on any atom is -0.0903 e. The van der Waals surface area contributed by atoms with Crippen molar-refractivity contribution < 1.29 is 8.22 Å². The normalized spacial score (nSPS) is 17.6. The zero-order valence-electron chi connectivity index (χ0n) is 24.3. The van der Waals surface area contributed by atoms with E-state index in [4.69, 9.17) is 8.22 Å². The first kappa shape index (κ1) is 14.8. The van der Waals surface area contributed by atoms with Crippen LogP contribution in [0.25, 0.3) is 44.5 Å². The van der Waals surface area contributed by atoms with Crippen LogP contribution in [0.4, 0.5) is 0 Å². The molecule has 0 unspecified atom stereocenters. The van der Waals surface area contributed by atoms with Crippen molar-refractivity contribution in [3.8, 4) is 44.5 Å². The van der Waals surface area contributed by atoms with Crippen LogP contribution in [0.3, 0.4) is 0 Å². The minimum atomic E-state index is -4.32. The molecular formula is C32H24SSi. The molecule has 0 saturated heterocycles. The average molecular weight is 475 g/mol. The first-order valence-corrected chi connectivity index (χ1v) is 14.2. The van der Waals surface area contributed by atoms with Gasteiger partial charge in [-0.1, -0.05) is 122 Å². The van der Waals surface area contributed by atoms with Gasteiger partial charge in [-0.2, -0.15) is 0 Å². The molecule has 5 aromatic carbocycles. The van der Waals surface area contributed by atoms with Crippen molar-refractivity contribution in [1.29, 1.82) is 0 Å². The Morgan fingerprint density at radius 1 is 0.471 bits per heavy atom. The topological polar surface area (TPSA) is 0 Å². The van der Waals surface area contributed by atoms with Gasteiger partial charge in [0.25, 0.3) is 0 Å². The molecule has 0 nitrogen and oxygen atoms in total. The van der Waals surface area contributed by atoms with E-state index in [2.05, 4.69) is 36.4 Å². The average Bonchev–Trinajstić information content (AvgIpc) is 2.93. The molecule has 5 aromatic rings. The summed E-state index contributed by atoms with van der Waals surface area (Å²) in [7, 11) is -4.32. The minimum absolute atomic E-state index is 0.469. The molecule has 1 aliphatic heterocycles. The summed E-state index contributed by atoms with van der Waals surface area (Å²) < 4.78 is 52.8. The maximum atomic E-state index is 8.79. The largest absolute Gasteiger partial charge is 0.115 e. The van der Waals surface area contributed by atoms with Crippen molar-refractivity contribution in [3.05, 3.63) is 109 Å². The number of hydrogen-bond acceptors (Lipinski definition) is 1. The van der Waals surface area contributed by atoms with E-state index >= 15 is 0 Å². The molecule has 162 valence electrons. The van der Waals surface area contributed by atoms with Gasteiger partial charge in [-0.15, -0.1) is 0 Å². The highest BCUT2D eigenvalue weighted by Crippen LogP contribution is 2.49. The molecule has 0 spiro atoms. The van der Waals surface area contributed by atoms with E-state index in [1.165, 1.54) is 11.8 Å². The van der Waals surface area contributed by atoms with Crippen molar-refractivity contribution in [2.45, 2.75) is 22.7 Å². The molecule has 1 aliphatic carbocycles. The fraction of sp³-hybridized carbons (Fsp3) is 0.0625. The Morgan fingerprint density at radius 3 is 1.44 bits per heavy atom. The molecule has 0 saturated carbocycles. The third kappa shape index (κ3) is 2.79. The van der Waals surface area contributed by atoms with Crippen LogP contribution in [-0.2, 0) is 0 Å². The third-order valence-corrected chi connectivity index (χ3v) is 10.9. The highest BCUT2D eigenvalue weighted by Gasteiger charge is 2.36. The summed E-state index contributed by atoms with van der Waals surface area (Å²) in [5, 5.41) is 0.938. The second-order valence-electron chi connectivity index (χ2n) is 8.88. The summed E-state index contributed by atoms with van der Waals surface area (Å²) in [6.07, 6.45) is 0. The molecule has 0 aromatic heterocycles. The van der Waals surface area contributed by atoms with Gasteiger partial charge in [0.05, 0.1) is 0 Å². The summed E-state index contributed by atoms with van der Waals surface area (Å²) in [5.74, 6) is 0. The van der Waals surface area contributed by atoms with Crippen LogP contribution < -0.4 is 10.4 Å². The van der Waals surface area contributed by atoms with Crippen LogP contribution in [0.2, 0.25) is 13.0 Å². The summed E-state index contributed by atoms with van der Waals surface area (Å²) in [4.78, 5) is 1.44. The van der Waals surface area contributed by atoms with Crippen LogP contribution in [0.15, 0.2) is 119 Å². The van der Waals surface area contributed by atoms with Crippen LogP contribution in [0, 0.1) is 0 Å². The van der Waals surface area contributed by atoms with E-state index in [9.17, 15) is 0 Å². The van der Waals surface area contributed by atoms with Gasteiger partial charge in [-0.25, -0.2) is 0 Å². The number of fused-ring (bicyclic) bond motifs is 10. The van der Waals surface area contributed by atoms with Crippen LogP contribution >= 0.6 is 11.8 Å². The molecule has 2 aliphatic rings. The molecule has 0 N–H and O–H groups in total. The third-order valence-electron chi connectivity index (χ3n) is 6.98. The molecule has 0 bridgehead atoms. The monoisotopic (exact) mass is 474 g/mol. The van der Waals surface area contributed by atoms with Gasteiger partial charge in [0.15, 0.2) is 0 Å². The van der Waals surface area contributed by atoms with E-state index in [0.29, 0.717) is 10.4 Å². The molecule has 0 amide bonds. The van der Waals surface area contributed by atoms with Crippen molar-refractivity contribution >= 4 is 30.2 Å². The lowest BCUT2D eigenvalue weighted by molar-refractivity contribution is 1.40. The lowest BCUT2D eigenvalue weighted by Gasteiger charge is -2.34. The summed E-state index contributed by atoms with van der Waals surface area (Å²) >= 11 is 1.48. The number of rotatable bonds is 0. The van der Waals surface area contributed by atoms with Crippen LogP contribution in [0.5, 0.6) is 0 Å². The smallest absolute Gasteiger partial charge is 0.0903 e. The Balaban J connectivity index is 1.66. The summed E-state index contributed by atoms with van der Waals surface area (Å²) in [5.41, 5.74) is 8.17. The molecule has 0 radical (unpaired) electrons. The van der Waals surface area contributed by atoms with E-state index in [1.807, 2.05) is 60.7 Å². The standard InChI is InChI=1S/C32H24SSi/c1-34(2)31-18-10-9-17-29(31)33-30-19-27-25-15-7-5-13-23(25)21-11-3-4-12-22(21)24-14-6-8-16-26(24)28(27)20-32(30)34/h3-20H,1-2H3/i1D3,2D3. The van der Waals surface area contributed by atoms with Crippen LogP contribution in [-0.4, -0.2) is 8.07 Å². The molecule has 0 fully saturated rings. The fourth-order valence-corrected chi connectivity index (χ4v) is 9.41. The molecule has 0 atom stereocenters. The van der Waals surface area contributed by atoms with E-state index in [-0.39, 0.29) is 0 Å². The maximum absolute atomic E-state index is 8.79.